The molecule has 2 rings (SSSR count). The molecular weight excluding hydrogens is 300 g/mol. The van der Waals surface area contributed by atoms with Crippen LogP contribution in [0.5, 0.6) is 0 Å². The summed E-state index contributed by atoms with van der Waals surface area (Å²) in [5.41, 5.74) is 0.0581. The molecule has 0 bridgehead atoms. The molecular formula is C18H25ClO3. The molecule has 0 radical (unpaired) electrons. The van der Waals surface area contributed by atoms with Gasteiger partial charge in [0.15, 0.2) is 0 Å². The number of carbonyl (C=O) groups excluding carboxylic acids is 1. The summed E-state index contributed by atoms with van der Waals surface area (Å²) in [7, 11) is 0. The third-order valence-corrected chi connectivity index (χ3v) is 5.24. The van der Waals surface area contributed by atoms with Gasteiger partial charge < -0.3 is 9.84 Å². The molecule has 0 heterocycles. The second-order valence-electron chi connectivity index (χ2n) is 7.14. The van der Waals surface area contributed by atoms with Crippen molar-refractivity contribution in [3.8, 4) is 0 Å². The van der Waals surface area contributed by atoms with Crippen molar-refractivity contribution in [3.05, 3.63) is 35.9 Å². The average Bonchev–Trinajstić information content (AvgIpc) is 2.68. The van der Waals surface area contributed by atoms with E-state index in [0.717, 1.165) is 5.56 Å². The highest BCUT2D eigenvalue weighted by molar-refractivity contribution is 6.23. The molecule has 0 spiro atoms. The molecule has 0 amide bonds. The van der Waals surface area contributed by atoms with Crippen LogP contribution in [0.1, 0.15) is 39.7 Å². The van der Waals surface area contributed by atoms with Crippen LogP contribution in [0.25, 0.3) is 0 Å². The molecule has 1 aliphatic rings. The van der Waals surface area contributed by atoms with E-state index in [1.807, 2.05) is 51.1 Å². The standard InChI is InChI=1S/C18H25ClO3/c1-12-15(14(17(2,3)19)10-18(12,4)21)16(20)22-11-13-8-6-5-7-9-13/h5-9,12,14-15,21H,10-11H2,1-4H3/t12-,14-,15-,18-/m1/s1. The minimum Gasteiger partial charge on any atom is -0.461 e. The predicted octanol–water partition coefficient (Wildman–Crippen LogP) is 3.77. The number of alkyl halides is 1. The fraction of sp³-hybridized carbons (Fsp3) is 0.611. The number of hydrogen-bond acceptors (Lipinski definition) is 3. The Labute approximate surface area is 137 Å². The lowest BCUT2D eigenvalue weighted by Crippen LogP contribution is -2.36. The summed E-state index contributed by atoms with van der Waals surface area (Å²) in [6, 6.07) is 9.59. The summed E-state index contributed by atoms with van der Waals surface area (Å²) in [5.74, 6) is -0.944. The van der Waals surface area contributed by atoms with E-state index < -0.39 is 10.5 Å². The third-order valence-electron chi connectivity index (χ3n) is 4.96. The number of carbonyl (C=O) groups is 1. The maximum atomic E-state index is 12.6. The van der Waals surface area contributed by atoms with Crippen LogP contribution >= 0.6 is 11.6 Å². The Kier molecular flexibility index (Phi) is 4.88. The van der Waals surface area contributed by atoms with Gasteiger partial charge >= 0.3 is 5.97 Å². The molecule has 1 aromatic rings. The zero-order chi connectivity index (χ0) is 16.5. The normalized spacial score (nSPS) is 32.0. The van der Waals surface area contributed by atoms with Crippen LogP contribution in [-0.2, 0) is 16.1 Å². The van der Waals surface area contributed by atoms with Crippen LogP contribution in [0.3, 0.4) is 0 Å². The van der Waals surface area contributed by atoms with Crippen molar-refractivity contribution >= 4 is 17.6 Å². The molecule has 0 saturated heterocycles. The van der Waals surface area contributed by atoms with E-state index in [-0.39, 0.29) is 30.3 Å². The number of ether oxygens (including phenoxy) is 1. The fourth-order valence-corrected chi connectivity index (χ4v) is 3.57. The Balaban J connectivity index is 2.11. The van der Waals surface area contributed by atoms with Gasteiger partial charge in [-0.3, -0.25) is 4.79 Å². The summed E-state index contributed by atoms with van der Waals surface area (Å²) < 4.78 is 5.49. The van der Waals surface area contributed by atoms with Gasteiger partial charge in [0.05, 0.1) is 11.5 Å². The van der Waals surface area contributed by atoms with Crippen LogP contribution in [0.4, 0.5) is 0 Å². The molecule has 0 aliphatic heterocycles. The summed E-state index contributed by atoms with van der Waals surface area (Å²) in [5, 5.41) is 10.5. The van der Waals surface area contributed by atoms with Crippen LogP contribution in [0, 0.1) is 17.8 Å². The minimum atomic E-state index is -0.896. The first-order chi connectivity index (χ1) is 10.1. The summed E-state index contributed by atoms with van der Waals surface area (Å²) >= 11 is 6.47. The van der Waals surface area contributed by atoms with Crippen LogP contribution in [0.2, 0.25) is 0 Å². The SMILES string of the molecule is C[C@@H]1[C@@H](C(=O)OCc2ccccc2)[C@H](C(C)(C)Cl)C[C@@]1(C)O. The van der Waals surface area contributed by atoms with Gasteiger partial charge in [-0.2, -0.15) is 0 Å². The van der Waals surface area contributed by atoms with E-state index in [1.54, 1.807) is 6.92 Å². The number of aliphatic hydroxyl groups is 1. The van der Waals surface area contributed by atoms with E-state index in [4.69, 9.17) is 16.3 Å². The zero-order valence-corrected chi connectivity index (χ0v) is 14.4. The van der Waals surface area contributed by atoms with Crippen molar-refractivity contribution < 1.29 is 14.6 Å². The smallest absolute Gasteiger partial charge is 0.309 e. The van der Waals surface area contributed by atoms with Crippen molar-refractivity contribution in [2.45, 2.75) is 51.2 Å². The first-order valence-corrected chi connectivity index (χ1v) is 8.12. The van der Waals surface area contributed by atoms with Gasteiger partial charge in [-0.1, -0.05) is 37.3 Å². The zero-order valence-electron chi connectivity index (χ0n) is 13.7. The van der Waals surface area contributed by atoms with E-state index in [1.165, 1.54) is 0 Å². The van der Waals surface area contributed by atoms with E-state index in [2.05, 4.69) is 0 Å². The molecule has 1 aliphatic carbocycles. The van der Waals surface area contributed by atoms with Crippen molar-refractivity contribution in [2.24, 2.45) is 17.8 Å². The van der Waals surface area contributed by atoms with Gasteiger partial charge in [-0.25, -0.2) is 0 Å². The summed E-state index contributed by atoms with van der Waals surface area (Å²) in [6.45, 7) is 7.71. The fourth-order valence-electron chi connectivity index (χ4n) is 3.36. The minimum absolute atomic E-state index is 0.109. The Morgan fingerprint density at radius 2 is 2.00 bits per heavy atom. The quantitative estimate of drug-likeness (QED) is 0.677. The van der Waals surface area contributed by atoms with Crippen molar-refractivity contribution in [3.63, 3.8) is 0 Å². The Hall–Kier alpha value is -1.06. The average molecular weight is 325 g/mol. The first-order valence-electron chi connectivity index (χ1n) is 7.75. The molecule has 1 saturated carbocycles. The molecule has 4 heteroatoms. The lowest BCUT2D eigenvalue weighted by atomic mass is 9.82. The lowest BCUT2D eigenvalue weighted by molar-refractivity contribution is -0.154. The highest BCUT2D eigenvalue weighted by atomic mass is 35.5. The monoisotopic (exact) mass is 324 g/mol. The number of benzene rings is 1. The lowest BCUT2D eigenvalue weighted by Gasteiger charge is -2.30. The second kappa shape index (κ2) is 6.21. The Morgan fingerprint density at radius 3 is 2.55 bits per heavy atom. The molecule has 4 atom stereocenters. The highest BCUT2D eigenvalue weighted by Crippen LogP contribution is 2.50. The summed E-state index contributed by atoms with van der Waals surface area (Å²) in [6.07, 6.45) is 0.510. The molecule has 0 unspecified atom stereocenters. The van der Waals surface area contributed by atoms with Crippen LogP contribution in [-0.4, -0.2) is 21.6 Å². The number of esters is 1. The third kappa shape index (κ3) is 3.64. The second-order valence-corrected chi connectivity index (χ2v) is 8.11. The van der Waals surface area contributed by atoms with Gasteiger partial charge in [-0.15, -0.1) is 11.6 Å². The van der Waals surface area contributed by atoms with Gasteiger partial charge in [-0.05, 0) is 44.6 Å². The molecule has 3 nitrogen and oxygen atoms in total. The van der Waals surface area contributed by atoms with Gasteiger partial charge in [0.25, 0.3) is 0 Å². The van der Waals surface area contributed by atoms with Crippen LogP contribution in [0.15, 0.2) is 30.3 Å². The van der Waals surface area contributed by atoms with Gasteiger partial charge in [0.1, 0.15) is 6.61 Å². The molecule has 0 aromatic heterocycles. The number of halogens is 1. The first kappa shape index (κ1) is 17.3. The maximum Gasteiger partial charge on any atom is 0.309 e. The highest BCUT2D eigenvalue weighted by Gasteiger charge is 2.55. The van der Waals surface area contributed by atoms with Crippen molar-refractivity contribution in [2.75, 3.05) is 0 Å². The van der Waals surface area contributed by atoms with Crippen molar-refractivity contribution in [1.82, 2.24) is 0 Å². The molecule has 122 valence electrons. The van der Waals surface area contributed by atoms with Gasteiger partial charge in [0.2, 0.25) is 0 Å². The number of rotatable bonds is 4. The molecule has 1 fully saturated rings. The maximum absolute atomic E-state index is 12.6. The van der Waals surface area contributed by atoms with Crippen LogP contribution < -0.4 is 0 Å². The van der Waals surface area contributed by atoms with Gasteiger partial charge in [0, 0.05) is 4.87 Å². The summed E-state index contributed by atoms with van der Waals surface area (Å²) in [4.78, 5) is 12.0. The van der Waals surface area contributed by atoms with E-state index in [9.17, 15) is 9.90 Å². The molecule has 1 N–H and O–H groups in total. The topological polar surface area (TPSA) is 46.5 Å². The molecule has 22 heavy (non-hydrogen) atoms. The predicted molar refractivity (Wildman–Crippen MR) is 87.6 cm³/mol. The largest absolute Gasteiger partial charge is 0.461 e. The van der Waals surface area contributed by atoms with E-state index >= 15 is 0 Å². The van der Waals surface area contributed by atoms with Crippen molar-refractivity contribution in [1.29, 1.82) is 0 Å². The molecule has 1 aromatic carbocycles. The number of hydrogen-bond donors (Lipinski definition) is 1. The van der Waals surface area contributed by atoms with E-state index in [0.29, 0.717) is 6.42 Å². The Bertz CT molecular complexity index is 519. The Morgan fingerprint density at radius 1 is 1.41 bits per heavy atom.